The molecule has 0 aliphatic carbocycles. The fourth-order valence-corrected chi connectivity index (χ4v) is 1.35. The zero-order chi connectivity index (χ0) is 11.8. The van der Waals surface area contributed by atoms with Gasteiger partial charge in [0.2, 0.25) is 0 Å². The van der Waals surface area contributed by atoms with Gasteiger partial charge in [-0.3, -0.25) is 0 Å². The molecule has 0 saturated heterocycles. The van der Waals surface area contributed by atoms with Crippen molar-refractivity contribution < 1.29 is 14.6 Å². The number of rotatable bonds is 7. The fraction of sp³-hybridized carbons (Fsp3) is 0.500. The zero-order valence-corrected chi connectivity index (χ0v) is 9.82. The molecular weight excluding hydrogens is 206 g/mol. The van der Waals surface area contributed by atoms with Crippen molar-refractivity contribution >= 4 is 0 Å². The number of benzene rings is 1. The molecule has 1 aromatic carbocycles. The van der Waals surface area contributed by atoms with Crippen LogP contribution in [-0.2, 0) is 11.3 Å². The molecule has 0 radical (unpaired) electrons. The zero-order valence-electron chi connectivity index (χ0n) is 9.82. The molecule has 0 aliphatic heterocycles. The van der Waals surface area contributed by atoms with Gasteiger partial charge in [-0.05, 0) is 24.6 Å². The van der Waals surface area contributed by atoms with Crippen LogP contribution < -0.4 is 10.1 Å². The van der Waals surface area contributed by atoms with E-state index in [0.717, 1.165) is 18.7 Å². The van der Waals surface area contributed by atoms with Gasteiger partial charge in [-0.25, -0.2) is 0 Å². The van der Waals surface area contributed by atoms with E-state index in [9.17, 15) is 5.11 Å². The Morgan fingerprint density at radius 3 is 2.88 bits per heavy atom. The minimum atomic E-state index is 0.183. The highest BCUT2D eigenvalue weighted by atomic mass is 16.5. The summed E-state index contributed by atoms with van der Waals surface area (Å²) < 4.78 is 10.2. The van der Waals surface area contributed by atoms with E-state index >= 15 is 0 Å². The Kier molecular flexibility index (Phi) is 5.67. The van der Waals surface area contributed by atoms with Crippen LogP contribution in [0.2, 0.25) is 0 Å². The summed E-state index contributed by atoms with van der Waals surface area (Å²) in [6, 6.07) is 5.37. The third kappa shape index (κ3) is 4.08. The number of phenolic OH excluding ortho intramolecular Hbond substituents is 1. The van der Waals surface area contributed by atoms with E-state index in [-0.39, 0.29) is 5.75 Å². The van der Waals surface area contributed by atoms with Crippen LogP contribution in [0.25, 0.3) is 0 Å². The first-order valence-corrected chi connectivity index (χ1v) is 5.42. The number of aromatic hydroxyl groups is 1. The Morgan fingerprint density at radius 2 is 2.19 bits per heavy atom. The number of nitrogens with one attached hydrogen (secondary N) is 1. The highest BCUT2D eigenvalue weighted by molar-refractivity contribution is 5.41. The fourth-order valence-electron chi connectivity index (χ4n) is 1.35. The molecule has 0 atom stereocenters. The third-order valence-corrected chi connectivity index (χ3v) is 2.14. The first-order chi connectivity index (χ1) is 7.77. The summed E-state index contributed by atoms with van der Waals surface area (Å²) in [5, 5.41) is 12.7. The van der Waals surface area contributed by atoms with Crippen LogP contribution in [0.15, 0.2) is 18.2 Å². The highest BCUT2D eigenvalue weighted by Crippen LogP contribution is 2.26. The van der Waals surface area contributed by atoms with Gasteiger partial charge in [-0.1, -0.05) is 6.07 Å². The molecule has 90 valence electrons. The molecule has 0 fully saturated rings. The van der Waals surface area contributed by atoms with E-state index in [1.807, 2.05) is 19.1 Å². The second-order valence-electron chi connectivity index (χ2n) is 3.40. The van der Waals surface area contributed by atoms with Crippen molar-refractivity contribution in [3.05, 3.63) is 23.8 Å². The molecule has 4 heteroatoms. The van der Waals surface area contributed by atoms with E-state index in [1.165, 1.54) is 0 Å². The predicted octanol–water partition coefficient (Wildman–Crippen LogP) is 1.53. The molecular formula is C12H19NO3. The number of hydrogen-bond acceptors (Lipinski definition) is 4. The molecule has 0 heterocycles. The first kappa shape index (κ1) is 12.8. The number of hydrogen-bond donors (Lipinski definition) is 2. The molecule has 0 unspecified atom stereocenters. The van der Waals surface area contributed by atoms with Crippen molar-refractivity contribution in [2.75, 3.05) is 26.9 Å². The van der Waals surface area contributed by atoms with Crippen molar-refractivity contribution in [2.45, 2.75) is 13.5 Å². The average molecular weight is 225 g/mol. The molecule has 0 bridgehead atoms. The second-order valence-corrected chi connectivity index (χ2v) is 3.40. The molecule has 2 N–H and O–H groups in total. The summed E-state index contributed by atoms with van der Waals surface area (Å²) >= 11 is 0. The first-order valence-electron chi connectivity index (χ1n) is 5.42. The van der Waals surface area contributed by atoms with E-state index in [0.29, 0.717) is 19.0 Å². The Balaban J connectivity index is 2.50. The van der Waals surface area contributed by atoms with Crippen molar-refractivity contribution in [2.24, 2.45) is 0 Å². The Hall–Kier alpha value is -1.26. The Labute approximate surface area is 96.2 Å². The molecule has 0 aromatic heterocycles. The third-order valence-electron chi connectivity index (χ3n) is 2.14. The normalized spacial score (nSPS) is 10.4. The van der Waals surface area contributed by atoms with Crippen LogP contribution in [0.1, 0.15) is 12.5 Å². The van der Waals surface area contributed by atoms with E-state index < -0.39 is 0 Å². The smallest absolute Gasteiger partial charge is 0.161 e. The maximum atomic E-state index is 9.51. The van der Waals surface area contributed by atoms with Crippen LogP contribution in [0, 0.1) is 0 Å². The molecule has 4 nitrogen and oxygen atoms in total. The van der Waals surface area contributed by atoms with E-state index in [1.54, 1.807) is 13.2 Å². The summed E-state index contributed by atoms with van der Waals surface area (Å²) in [5.41, 5.74) is 1.08. The van der Waals surface area contributed by atoms with Gasteiger partial charge in [0.05, 0.1) is 13.2 Å². The van der Waals surface area contributed by atoms with Crippen LogP contribution in [0.3, 0.4) is 0 Å². The largest absolute Gasteiger partial charge is 0.504 e. The van der Waals surface area contributed by atoms with Crippen LogP contribution >= 0.6 is 0 Å². The standard InChI is InChI=1S/C12H19NO3/c1-3-16-12-8-10(4-5-11(12)14)9-13-6-7-15-2/h4-5,8,13-14H,3,6-7,9H2,1-2H3. The van der Waals surface area contributed by atoms with Gasteiger partial charge in [-0.2, -0.15) is 0 Å². The monoisotopic (exact) mass is 225 g/mol. The van der Waals surface area contributed by atoms with Crippen molar-refractivity contribution in [3.63, 3.8) is 0 Å². The van der Waals surface area contributed by atoms with Crippen molar-refractivity contribution in [1.82, 2.24) is 5.32 Å². The van der Waals surface area contributed by atoms with Gasteiger partial charge >= 0.3 is 0 Å². The lowest BCUT2D eigenvalue weighted by Crippen LogP contribution is -2.18. The minimum Gasteiger partial charge on any atom is -0.504 e. The summed E-state index contributed by atoms with van der Waals surface area (Å²) in [7, 11) is 1.68. The van der Waals surface area contributed by atoms with Gasteiger partial charge in [0.15, 0.2) is 11.5 Å². The molecule has 0 saturated carbocycles. The predicted molar refractivity (Wildman–Crippen MR) is 62.9 cm³/mol. The number of methoxy groups -OCH3 is 1. The summed E-state index contributed by atoms with van der Waals surface area (Å²) in [4.78, 5) is 0. The lowest BCUT2D eigenvalue weighted by molar-refractivity contribution is 0.199. The molecule has 0 spiro atoms. The molecule has 1 aromatic rings. The lowest BCUT2D eigenvalue weighted by atomic mass is 10.2. The lowest BCUT2D eigenvalue weighted by Gasteiger charge is -2.09. The Morgan fingerprint density at radius 1 is 1.38 bits per heavy atom. The van der Waals surface area contributed by atoms with Crippen LogP contribution in [-0.4, -0.2) is 32.0 Å². The maximum absolute atomic E-state index is 9.51. The SMILES string of the molecule is CCOc1cc(CNCCOC)ccc1O. The molecule has 0 aliphatic rings. The van der Waals surface area contributed by atoms with Gasteiger partial charge < -0.3 is 19.9 Å². The minimum absolute atomic E-state index is 0.183. The molecule has 16 heavy (non-hydrogen) atoms. The summed E-state index contributed by atoms with van der Waals surface area (Å²) in [6.45, 7) is 4.68. The van der Waals surface area contributed by atoms with E-state index in [2.05, 4.69) is 5.32 Å². The van der Waals surface area contributed by atoms with Gasteiger partial charge in [0.25, 0.3) is 0 Å². The van der Waals surface area contributed by atoms with Crippen molar-refractivity contribution in [3.8, 4) is 11.5 Å². The molecule has 1 rings (SSSR count). The van der Waals surface area contributed by atoms with Gasteiger partial charge in [0, 0.05) is 20.2 Å². The topological polar surface area (TPSA) is 50.7 Å². The highest BCUT2D eigenvalue weighted by Gasteiger charge is 2.02. The van der Waals surface area contributed by atoms with E-state index in [4.69, 9.17) is 9.47 Å². The van der Waals surface area contributed by atoms with Crippen LogP contribution in [0.4, 0.5) is 0 Å². The van der Waals surface area contributed by atoms with Crippen molar-refractivity contribution in [1.29, 1.82) is 0 Å². The quantitative estimate of drug-likeness (QED) is 0.691. The second kappa shape index (κ2) is 7.09. The van der Waals surface area contributed by atoms with Crippen LogP contribution in [0.5, 0.6) is 11.5 Å². The van der Waals surface area contributed by atoms with Gasteiger partial charge in [0.1, 0.15) is 0 Å². The molecule has 0 amide bonds. The maximum Gasteiger partial charge on any atom is 0.161 e. The number of phenols is 1. The summed E-state index contributed by atoms with van der Waals surface area (Å²) in [6.07, 6.45) is 0. The summed E-state index contributed by atoms with van der Waals surface area (Å²) in [5.74, 6) is 0.719. The average Bonchev–Trinajstić information content (AvgIpc) is 2.29. The number of ether oxygens (including phenoxy) is 2. The Bertz CT molecular complexity index is 315. The van der Waals surface area contributed by atoms with Gasteiger partial charge in [-0.15, -0.1) is 0 Å².